The Balaban J connectivity index is 2.30. The number of amides is 1. The lowest BCUT2D eigenvalue weighted by atomic mass is 10.2. The molecule has 2 rings (SSSR count). The number of rotatable bonds is 5. The smallest absolute Gasteiger partial charge is 0.242 e. The Morgan fingerprint density at radius 3 is 2.67 bits per heavy atom. The molecule has 0 fully saturated rings. The van der Waals surface area contributed by atoms with E-state index < -0.39 is 6.04 Å². The Hall–Kier alpha value is -2.02. The second kappa shape index (κ2) is 6.62. The lowest BCUT2D eigenvalue weighted by Crippen LogP contribution is -2.33. The number of aromatic nitrogens is 4. The third-order valence-electron chi connectivity index (χ3n) is 3.09. The molecule has 0 bridgehead atoms. The summed E-state index contributed by atoms with van der Waals surface area (Å²) in [6, 6.07) is 3.23. The van der Waals surface area contributed by atoms with E-state index in [1.54, 1.807) is 17.0 Å². The molecule has 1 atom stereocenters. The number of nitrogens with zero attached hydrogens (tertiary/aromatic N) is 3. The first-order chi connectivity index (χ1) is 10.0. The van der Waals surface area contributed by atoms with Gasteiger partial charge < -0.3 is 5.32 Å². The molecule has 0 aliphatic heterocycles. The van der Waals surface area contributed by atoms with Crippen LogP contribution in [0, 0.1) is 10.7 Å². The topological polar surface area (TPSA) is 75.6 Å². The van der Waals surface area contributed by atoms with Gasteiger partial charge in [-0.25, -0.2) is 0 Å². The molecule has 1 unspecified atom stereocenters. The molecule has 2 N–H and O–H groups in total. The Morgan fingerprint density at radius 2 is 2.05 bits per heavy atom. The van der Waals surface area contributed by atoms with Crippen LogP contribution in [0.15, 0.2) is 24.5 Å². The third kappa shape index (κ3) is 3.55. The molecule has 0 aromatic carbocycles. The van der Waals surface area contributed by atoms with Crippen molar-refractivity contribution in [3.8, 4) is 11.4 Å². The number of pyridine rings is 1. The largest absolute Gasteiger partial charge is 0.354 e. The maximum absolute atomic E-state index is 12.2. The summed E-state index contributed by atoms with van der Waals surface area (Å²) in [5.74, 6) is 0.962. The van der Waals surface area contributed by atoms with E-state index in [1.165, 1.54) is 0 Å². The normalized spacial score (nSPS) is 12.4. The van der Waals surface area contributed by atoms with Gasteiger partial charge in [-0.05, 0) is 37.2 Å². The second-order valence-corrected chi connectivity index (χ2v) is 5.66. The second-order valence-electron chi connectivity index (χ2n) is 5.27. The lowest BCUT2D eigenvalue weighted by molar-refractivity contribution is -0.124. The fourth-order valence-corrected chi connectivity index (χ4v) is 2.23. The Morgan fingerprint density at radius 1 is 1.38 bits per heavy atom. The standard InChI is InChI=1S/C14H19N5OS/c1-9(2)8-16-13(20)10(3)19-12(17-18-14(19)21)11-4-6-15-7-5-11/h4-7,9-10H,8H2,1-3H3,(H,16,20)(H,18,21). The minimum absolute atomic E-state index is 0.0727. The molecule has 0 aliphatic rings. The zero-order valence-corrected chi connectivity index (χ0v) is 13.1. The SMILES string of the molecule is CC(C)CNC(=O)C(C)n1c(-c2ccncc2)n[nH]c1=S. The summed E-state index contributed by atoms with van der Waals surface area (Å²) in [5.41, 5.74) is 0.862. The molecule has 1 amide bonds. The minimum Gasteiger partial charge on any atom is -0.354 e. The van der Waals surface area contributed by atoms with Gasteiger partial charge in [-0.1, -0.05) is 13.8 Å². The highest BCUT2D eigenvalue weighted by Gasteiger charge is 2.20. The maximum Gasteiger partial charge on any atom is 0.242 e. The van der Waals surface area contributed by atoms with E-state index in [-0.39, 0.29) is 5.91 Å². The zero-order valence-electron chi connectivity index (χ0n) is 12.3. The molecule has 2 heterocycles. The molecular formula is C14H19N5OS. The number of H-pyrrole nitrogens is 1. The molecule has 0 radical (unpaired) electrons. The van der Waals surface area contributed by atoms with Gasteiger partial charge in [0, 0.05) is 24.5 Å². The highest BCUT2D eigenvalue weighted by atomic mass is 32.1. The van der Waals surface area contributed by atoms with Crippen molar-refractivity contribution in [2.75, 3.05) is 6.54 Å². The van der Waals surface area contributed by atoms with E-state index >= 15 is 0 Å². The predicted molar refractivity (Wildman–Crippen MR) is 83.2 cm³/mol. The number of carbonyl (C=O) groups is 1. The molecule has 2 aromatic heterocycles. The van der Waals surface area contributed by atoms with Gasteiger partial charge >= 0.3 is 0 Å². The molecule has 2 aromatic rings. The number of carbonyl (C=O) groups excluding carboxylic acids is 1. The molecule has 0 saturated carbocycles. The highest BCUT2D eigenvalue weighted by Crippen LogP contribution is 2.20. The van der Waals surface area contributed by atoms with Crippen LogP contribution < -0.4 is 5.32 Å². The summed E-state index contributed by atoms with van der Waals surface area (Å²) in [4.78, 5) is 16.2. The van der Waals surface area contributed by atoms with Crippen molar-refractivity contribution >= 4 is 18.1 Å². The maximum atomic E-state index is 12.2. The van der Waals surface area contributed by atoms with Crippen LogP contribution in [0.5, 0.6) is 0 Å². The van der Waals surface area contributed by atoms with Gasteiger partial charge in [-0.15, -0.1) is 0 Å². The Bertz CT molecular complexity index is 662. The Labute approximate surface area is 128 Å². The van der Waals surface area contributed by atoms with E-state index in [9.17, 15) is 4.79 Å². The summed E-state index contributed by atoms with van der Waals surface area (Å²) >= 11 is 5.25. The molecule has 7 heteroatoms. The van der Waals surface area contributed by atoms with Crippen LogP contribution in [0.4, 0.5) is 0 Å². The molecule has 112 valence electrons. The number of aromatic amines is 1. The summed E-state index contributed by atoms with van der Waals surface area (Å²) in [6.45, 7) is 6.55. The van der Waals surface area contributed by atoms with E-state index in [1.807, 2.05) is 19.1 Å². The number of hydrogen-bond acceptors (Lipinski definition) is 4. The van der Waals surface area contributed by atoms with Gasteiger partial charge in [0.15, 0.2) is 10.6 Å². The predicted octanol–water partition coefficient (Wildman–Crippen LogP) is 2.34. The fourth-order valence-electron chi connectivity index (χ4n) is 1.94. The van der Waals surface area contributed by atoms with Crippen molar-refractivity contribution in [2.45, 2.75) is 26.8 Å². The molecule has 21 heavy (non-hydrogen) atoms. The first-order valence-corrected chi connectivity index (χ1v) is 7.26. The summed E-state index contributed by atoms with van der Waals surface area (Å²) in [7, 11) is 0. The fraction of sp³-hybridized carbons (Fsp3) is 0.429. The first-order valence-electron chi connectivity index (χ1n) is 6.85. The van der Waals surface area contributed by atoms with Crippen molar-refractivity contribution < 1.29 is 4.79 Å². The van der Waals surface area contributed by atoms with Gasteiger partial charge in [0.05, 0.1) is 0 Å². The average molecular weight is 305 g/mol. The highest BCUT2D eigenvalue weighted by molar-refractivity contribution is 7.71. The van der Waals surface area contributed by atoms with Gasteiger partial charge in [0.2, 0.25) is 5.91 Å². The number of nitrogens with one attached hydrogen (secondary N) is 2. The van der Waals surface area contributed by atoms with Crippen molar-refractivity contribution in [3.05, 3.63) is 29.3 Å². The summed E-state index contributed by atoms with van der Waals surface area (Å²) < 4.78 is 2.15. The Kier molecular flexibility index (Phi) is 4.85. The summed E-state index contributed by atoms with van der Waals surface area (Å²) in [6.07, 6.45) is 3.36. The van der Waals surface area contributed by atoms with E-state index in [2.05, 4.69) is 34.3 Å². The van der Waals surface area contributed by atoms with Gasteiger partial charge in [0.25, 0.3) is 0 Å². The van der Waals surface area contributed by atoms with Crippen LogP contribution in [-0.2, 0) is 4.79 Å². The van der Waals surface area contributed by atoms with Gasteiger partial charge in [0.1, 0.15) is 6.04 Å². The zero-order chi connectivity index (χ0) is 15.4. The molecule has 0 saturated heterocycles. The van der Waals surface area contributed by atoms with E-state index in [0.717, 1.165) is 5.56 Å². The lowest BCUT2D eigenvalue weighted by Gasteiger charge is -2.16. The van der Waals surface area contributed by atoms with Crippen LogP contribution in [0.1, 0.15) is 26.8 Å². The number of hydrogen-bond donors (Lipinski definition) is 2. The van der Waals surface area contributed by atoms with Crippen LogP contribution in [0.25, 0.3) is 11.4 Å². The average Bonchev–Trinajstić information content (AvgIpc) is 2.86. The van der Waals surface area contributed by atoms with Crippen molar-refractivity contribution in [2.24, 2.45) is 5.92 Å². The van der Waals surface area contributed by atoms with Gasteiger partial charge in [-0.3, -0.25) is 19.4 Å². The van der Waals surface area contributed by atoms with Crippen molar-refractivity contribution in [1.82, 2.24) is 25.1 Å². The monoisotopic (exact) mass is 305 g/mol. The molecule has 0 spiro atoms. The quantitative estimate of drug-likeness (QED) is 0.831. The van der Waals surface area contributed by atoms with Crippen molar-refractivity contribution in [3.63, 3.8) is 0 Å². The minimum atomic E-state index is -0.432. The molecule has 6 nitrogen and oxygen atoms in total. The van der Waals surface area contributed by atoms with Gasteiger partial charge in [-0.2, -0.15) is 5.10 Å². The van der Waals surface area contributed by atoms with E-state index in [0.29, 0.717) is 23.1 Å². The van der Waals surface area contributed by atoms with Crippen LogP contribution in [0.2, 0.25) is 0 Å². The van der Waals surface area contributed by atoms with Crippen molar-refractivity contribution in [1.29, 1.82) is 0 Å². The molecule has 0 aliphatic carbocycles. The van der Waals surface area contributed by atoms with Crippen LogP contribution in [0.3, 0.4) is 0 Å². The molecular weight excluding hydrogens is 286 g/mol. The first kappa shape index (κ1) is 15.4. The summed E-state index contributed by atoms with van der Waals surface area (Å²) in [5, 5.41) is 9.89. The third-order valence-corrected chi connectivity index (χ3v) is 3.38. The van der Waals surface area contributed by atoms with E-state index in [4.69, 9.17) is 12.2 Å². The van der Waals surface area contributed by atoms with Crippen LogP contribution >= 0.6 is 12.2 Å². The van der Waals surface area contributed by atoms with Crippen LogP contribution in [-0.4, -0.2) is 32.2 Å².